The summed E-state index contributed by atoms with van der Waals surface area (Å²) < 4.78 is 32.2. The highest BCUT2D eigenvalue weighted by Crippen LogP contribution is 2.28. The van der Waals surface area contributed by atoms with Crippen molar-refractivity contribution in [2.24, 2.45) is 11.8 Å². The predicted octanol–water partition coefficient (Wildman–Crippen LogP) is 1.72. The van der Waals surface area contributed by atoms with E-state index in [1.807, 2.05) is 27.7 Å². The minimum atomic E-state index is -3.77. The zero-order chi connectivity index (χ0) is 10.9. The van der Waals surface area contributed by atoms with Gasteiger partial charge in [-0.15, -0.1) is 0 Å². The van der Waals surface area contributed by atoms with Crippen molar-refractivity contribution in [2.45, 2.75) is 46.3 Å². The average Bonchev–Trinajstić information content (AvgIpc) is 2.01. The van der Waals surface area contributed by atoms with Gasteiger partial charge in [0, 0.05) is 6.42 Å². The molecule has 14 heavy (non-hydrogen) atoms. The first kappa shape index (κ1) is 11.9. The fourth-order valence-corrected chi connectivity index (χ4v) is 2.65. The summed E-state index contributed by atoms with van der Waals surface area (Å²) in [5.74, 6) is 0.379. The van der Waals surface area contributed by atoms with Gasteiger partial charge >= 0.3 is 10.4 Å². The van der Waals surface area contributed by atoms with Crippen molar-refractivity contribution in [1.29, 1.82) is 0 Å². The van der Waals surface area contributed by atoms with Gasteiger partial charge in [-0.05, 0) is 11.8 Å². The molecule has 0 amide bonds. The zero-order valence-electron chi connectivity index (χ0n) is 9.06. The minimum Gasteiger partial charge on any atom is -0.244 e. The van der Waals surface area contributed by atoms with Crippen LogP contribution in [-0.2, 0) is 18.8 Å². The third-order valence-electron chi connectivity index (χ3n) is 2.43. The second-order valence-corrected chi connectivity index (χ2v) is 5.60. The fourth-order valence-electron chi connectivity index (χ4n) is 1.40. The van der Waals surface area contributed by atoms with Crippen LogP contribution in [0.1, 0.15) is 34.1 Å². The van der Waals surface area contributed by atoms with Gasteiger partial charge in [-0.2, -0.15) is 8.42 Å². The highest BCUT2D eigenvalue weighted by Gasteiger charge is 2.36. The smallest absolute Gasteiger partial charge is 0.244 e. The third-order valence-corrected chi connectivity index (χ3v) is 3.40. The second-order valence-electron chi connectivity index (χ2n) is 4.40. The summed E-state index contributed by atoms with van der Waals surface area (Å²) in [4.78, 5) is 0. The molecule has 0 aromatic carbocycles. The maximum absolute atomic E-state index is 11.2. The first-order valence-corrected chi connectivity index (χ1v) is 6.26. The van der Waals surface area contributed by atoms with Gasteiger partial charge in [0.2, 0.25) is 0 Å². The molecule has 2 atom stereocenters. The Kier molecular flexibility index (Phi) is 3.55. The van der Waals surface area contributed by atoms with E-state index in [9.17, 15) is 8.42 Å². The lowest BCUT2D eigenvalue weighted by molar-refractivity contribution is 0.000784. The predicted molar refractivity (Wildman–Crippen MR) is 53.0 cm³/mol. The molecule has 1 rings (SSSR count). The Morgan fingerprint density at radius 1 is 1.00 bits per heavy atom. The Labute approximate surface area is 85.9 Å². The first-order chi connectivity index (χ1) is 6.32. The summed E-state index contributed by atoms with van der Waals surface area (Å²) >= 11 is 0. The van der Waals surface area contributed by atoms with Crippen molar-refractivity contribution in [1.82, 2.24) is 0 Å². The van der Waals surface area contributed by atoms with Crippen LogP contribution in [-0.4, -0.2) is 20.6 Å². The van der Waals surface area contributed by atoms with Crippen LogP contribution in [0.3, 0.4) is 0 Å². The van der Waals surface area contributed by atoms with Crippen LogP contribution in [0.25, 0.3) is 0 Å². The molecule has 1 fully saturated rings. The zero-order valence-corrected chi connectivity index (χ0v) is 9.87. The van der Waals surface area contributed by atoms with E-state index in [1.165, 1.54) is 0 Å². The van der Waals surface area contributed by atoms with Gasteiger partial charge in [0.15, 0.2) is 0 Å². The second kappa shape index (κ2) is 4.16. The molecular formula is C9H18O4S. The molecule has 1 saturated heterocycles. The van der Waals surface area contributed by atoms with Crippen molar-refractivity contribution < 1.29 is 16.8 Å². The van der Waals surface area contributed by atoms with Crippen molar-refractivity contribution in [3.05, 3.63) is 0 Å². The molecule has 1 aliphatic heterocycles. The molecule has 0 unspecified atom stereocenters. The van der Waals surface area contributed by atoms with Gasteiger partial charge < -0.3 is 0 Å². The first-order valence-electron chi connectivity index (χ1n) is 4.93. The van der Waals surface area contributed by atoms with Crippen molar-refractivity contribution in [2.75, 3.05) is 0 Å². The van der Waals surface area contributed by atoms with Crippen LogP contribution in [0.4, 0.5) is 0 Å². The van der Waals surface area contributed by atoms with Crippen LogP contribution in [0.2, 0.25) is 0 Å². The average molecular weight is 222 g/mol. The Hall–Kier alpha value is -0.130. The molecule has 1 aliphatic rings. The van der Waals surface area contributed by atoms with Crippen LogP contribution in [0.5, 0.6) is 0 Å². The Morgan fingerprint density at radius 3 is 1.64 bits per heavy atom. The molecule has 1 heterocycles. The minimum absolute atomic E-state index is 0.190. The topological polar surface area (TPSA) is 52.6 Å². The van der Waals surface area contributed by atoms with Gasteiger partial charge in [-0.3, -0.25) is 0 Å². The van der Waals surface area contributed by atoms with E-state index >= 15 is 0 Å². The monoisotopic (exact) mass is 222 g/mol. The van der Waals surface area contributed by atoms with Gasteiger partial charge in [-0.25, -0.2) is 8.37 Å². The molecule has 0 saturated carbocycles. The third kappa shape index (κ3) is 2.93. The summed E-state index contributed by atoms with van der Waals surface area (Å²) in [7, 11) is -3.77. The van der Waals surface area contributed by atoms with Gasteiger partial charge in [0.1, 0.15) is 0 Å². The van der Waals surface area contributed by atoms with E-state index in [2.05, 4.69) is 0 Å². The van der Waals surface area contributed by atoms with E-state index in [-0.39, 0.29) is 24.0 Å². The molecule has 0 N–H and O–H groups in total. The summed E-state index contributed by atoms with van der Waals surface area (Å²) in [6.07, 6.45) is 0.150. The van der Waals surface area contributed by atoms with Crippen molar-refractivity contribution in [3.63, 3.8) is 0 Å². The van der Waals surface area contributed by atoms with Crippen LogP contribution in [0, 0.1) is 11.8 Å². The molecule has 84 valence electrons. The van der Waals surface area contributed by atoms with Crippen LogP contribution in [0.15, 0.2) is 0 Å². The summed E-state index contributed by atoms with van der Waals surface area (Å²) in [5, 5.41) is 0. The molecule has 5 heteroatoms. The number of hydrogen-bond acceptors (Lipinski definition) is 4. The highest BCUT2D eigenvalue weighted by molar-refractivity contribution is 7.81. The molecule has 0 aromatic rings. The molecule has 0 bridgehead atoms. The SMILES string of the molecule is CC(C)[C@H]1C[C@H](C(C)C)OS(=O)(=O)O1. The molecule has 4 nitrogen and oxygen atoms in total. The van der Waals surface area contributed by atoms with Gasteiger partial charge in [0.25, 0.3) is 0 Å². The van der Waals surface area contributed by atoms with Crippen molar-refractivity contribution in [3.8, 4) is 0 Å². The summed E-state index contributed by atoms with van der Waals surface area (Å²) in [6, 6.07) is 0. The molecular weight excluding hydrogens is 204 g/mol. The van der Waals surface area contributed by atoms with E-state index in [0.29, 0.717) is 6.42 Å². The summed E-state index contributed by atoms with van der Waals surface area (Å²) in [5.41, 5.74) is 0. The largest absolute Gasteiger partial charge is 0.400 e. The maximum Gasteiger partial charge on any atom is 0.400 e. The lowest BCUT2D eigenvalue weighted by atomic mass is 9.95. The normalized spacial score (nSPS) is 32.4. The quantitative estimate of drug-likeness (QED) is 0.714. The van der Waals surface area contributed by atoms with E-state index in [0.717, 1.165) is 0 Å². The van der Waals surface area contributed by atoms with Gasteiger partial charge in [0.05, 0.1) is 12.2 Å². The molecule has 0 radical (unpaired) electrons. The lowest BCUT2D eigenvalue weighted by Crippen LogP contribution is -2.39. The van der Waals surface area contributed by atoms with Crippen LogP contribution >= 0.6 is 0 Å². The Bertz CT molecular complexity index is 259. The molecule has 0 aromatic heterocycles. The van der Waals surface area contributed by atoms with Crippen LogP contribution < -0.4 is 0 Å². The number of hydrogen-bond donors (Lipinski definition) is 0. The van der Waals surface area contributed by atoms with E-state index < -0.39 is 10.4 Å². The van der Waals surface area contributed by atoms with Crippen molar-refractivity contribution >= 4 is 10.4 Å². The summed E-state index contributed by atoms with van der Waals surface area (Å²) in [6.45, 7) is 7.79. The fraction of sp³-hybridized carbons (Fsp3) is 1.00. The van der Waals surface area contributed by atoms with Gasteiger partial charge in [-0.1, -0.05) is 27.7 Å². The maximum atomic E-state index is 11.2. The standard InChI is InChI=1S/C9H18O4S/c1-6(2)8-5-9(7(3)4)13-14(10,11)12-8/h6-9H,5H2,1-4H3/t8-,9-/m1/s1. The molecule has 0 aliphatic carbocycles. The molecule has 0 spiro atoms. The van der Waals surface area contributed by atoms with E-state index in [4.69, 9.17) is 8.37 Å². The Morgan fingerprint density at radius 2 is 1.36 bits per heavy atom. The number of rotatable bonds is 2. The Balaban J connectivity index is 2.77. The lowest BCUT2D eigenvalue weighted by Gasteiger charge is -2.32. The highest BCUT2D eigenvalue weighted by atomic mass is 32.3. The van der Waals surface area contributed by atoms with E-state index in [1.54, 1.807) is 0 Å².